The first-order valence-corrected chi connectivity index (χ1v) is 10.5. The number of anilines is 1. The highest BCUT2D eigenvalue weighted by atomic mass is 35.5. The molecule has 6 nitrogen and oxygen atoms in total. The van der Waals surface area contributed by atoms with Crippen LogP contribution in [-0.2, 0) is 16.0 Å². The van der Waals surface area contributed by atoms with Crippen molar-refractivity contribution in [1.29, 1.82) is 0 Å². The van der Waals surface area contributed by atoms with E-state index in [9.17, 15) is 14.4 Å². The van der Waals surface area contributed by atoms with E-state index < -0.39 is 5.97 Å². The third-order valence-electron chi connectivity index (χ3n) is 4.26. The number of aryl methyl sites for hydroxylation is 1. The van der Waals surface area contributed by atoms with E-state index in [2.05, 4.69) is 5.32 Å². The molecule has 0 aliphatic carbocycles. The van der Waals surface area contributed by atoms with Gasteiger partial charge in [-0.25, -0.2) is 4.79 Å². The highest BCUT2D eigenvalue weighted by Crippen LogP contribution is 2.34. The molecule has 0 saturated heterocycles. The number of halogens is 1. The Bertz CT molecular complexity index is 891. The van der Waals surface area contributed by atoms with Crippen LogP contribution in [0.25, 0.3) is 0 Å². The Hall–Kier alpha value is -2.38. The molecule has 156 valence electrons. The summed E-state index contributed by atoms with van der Waals surface area (Å²) in [6.45, 7) is 3.61. The standard InChI is InChI=1S/C21H25ClN2O4S/c1-5-28-21(27)17-13(2)18(20(26)24(3)4)29-19(17)23-16(25)8-6-7-14-9-11-15(22)12-10-14/h9-12H,5-8H2,1-4H3,(H,23,25). The number of nitrogens with zero attached hydrogens (tertiary/aromatic N) is 1. The smallest absolute Gasteiger partial charge is 0.341 e. The van der Waals surface area contributed by atoms with Gasteiger partial charge in [0.15, 0.2) is 0 Å². The first-order valence-electron chi connectivity index (χ1n) is 9.31. The SMILES string of the molecule is CCOC(=O)c1c(NC(=O)CCCc2ccc(Cl)cc2)sc(C(=O)N(C)C)c1C. The van der Waals surface area contributed by atoms with Crippen LogP contribution in [-0.4, -0.2) is 43.4 Å². The third-order valence-corrected chi connectivity index (χ3v) is 5.71. The molecule has 1 aromatic heterocycles. The van der Waals surface area contributed by atoms with Crippen LogP contribution in [0.15, 0.2) is 24.3 Å². The molecule has 0 bridgehead atoms. The monoisotopic (exact) mass is 436 g/mol. The molecule has 29 heavy (non-hydrogen) atoms. The maximum atomic E-state index is 12.4. The number of nitrogens with one attached hydrogen (secondary N) is 1. The van der Waals surface area contributed by atoms with Gasteiger partial charge in [0.2, 0.25) is 5.91 Å². The Morgan fingerprint density at radius 3 is 2.41 bits per heavy atom. The summed E-state index contributed by atoms with van der Waals surface area (Å²) < 4.78 is 5.11. The zero-order chi connectivity index (χ0) is 21.6. The van der Waals surface area contributed by atoms with Crippen LogP contribution < -0.4 is 5.32 Å². The van der Waals surface area contributed by atoms with Crippen molar-refractivity contribution in [3.8, 4) is 0 Å². The number of carbonyl (C=O) groups excluding carboxylic acids is 3. The Kier molecular flexibility index (Phi) is 8.22. The fourth-order valence-electron chi connectivity index (χ4n) is 2.75. The molecule has 0 aliphatic heterocycles. The van der Waals surface area contributed by atoms with E-state index in [1.807, 2.05) is 24.3 Å². The van der Waals surface area contributed by atoms with Crippen molar-refractivity contribution in [3.05, 3.63) is 50.9 Å². The number of hydrogen-bond acceptors (Lipinski definition) is 5. The molecule has 0 radical (unpaired) electrons. The van der Waals surface area contributed by atoms with E-state index >= 15 is 0 Å². The summed E-state index contributed by atoms with van der Waals surface area (Å²) in [6.07, 6.45) is 1.68. The number of carbonyl (C=O) groups is 3. The first kappa shape index (κ1) is 22.9. The molecule has 0 fully saturated rings. The number of hydrogen-bond donors (Lipinski definition) is 1. The molecule has 0 spiro atoms. The summed E-state index contributed by atoms with van der Waals surface area (Å²) in [5, 5.41) is 3.81. The van der Waals surface area contributed by atoms with Crippen LogP contribution in [0.5, 0.6) is 0 Å². The molecule has 0 aliphatic rings. The second kappa shape index (κ2) is 10.4. The lowest BCUT2D eigenvalue weighted by molar-refractivity contribution is -0.116. The van der Waals surface area contributed by atoms with Crippen LogP contribution in [0.2, 0.25) is 5.02 Å². The zero-order valence-corrected chi connectivity index (χ0v) is 18.6. The van der Waals surface area contributed by atoms with Crippen molar-refractivity contribution in [2.24, 2.45) is 0 Å². The summed E-state index contributed by atoms with van der Waals surface area (Å²) in [6, 6.07) is 7.50. The molecule has 0 saturated carbocycles. The predicted molar refractivity (Wildman–Crippen MR) is 116 cm³/mol. The van der Waals surface area contributed by atoms with Crippen LogP contribution in [0.3, 0.4) is 0 Å². The molecule has 0 atom stereocenters. The average molecular weight is 437 g/mol. The number of amides is 2. The minimum atomic E-state index is -0.546. The summed E-state index contributed by atoms with van der Waals surface area (Å²) >= 11 is 6.98. The van der Waals surface area contributed by atoms with Gasteiger partial charge in [0.25, 0.3) is 5.91 Å². The van der Waals surface area contributed by atoms with Gasteiger partial charge in [-0.05, 0) is 49.9 Å². The van der Waals surface area contributed by atoms with Gasteiger partial charge in [0.1, 0.15) is 5.00 Å². The molecule has 2 rings (SSSR count). The summed E-state index contributed by atoms with van der Waals surface area (Å²) in [5.74, 6) is -0.980. The van der Waals surface area contributed by atoms with Crippen LogP contribution in [0.1, 0.15) is 50.9 Å². The highest BCUT2D eigenvalue weighted by molar-refractivity contribution is 7.18. The van der Waals surface area contributed by atoms with E-state index in [-0.39, 0.29) is 24.0 Å². The van der Waals surface area contributed by atoms with Gasteiger partial charge in [0, 0.05) is 25.5 Å². The molecule has 0 unspecified atom stereocenters. The third kappa shape index (κ3) is 6.05. The van der Waals surface area contributed by atoms with Crippen molar-refractivity contribution >= 4 is 45.7 Å². The van der Waals surface area contributed by atoms with Crippen molar-refractivity contribution < 1.29 is 19.1 Å². The van der Waals surface area contributed by atoms with Crippen molar-refractivity contribution in [3.63, 3.8) is 0 Å². The molecule has 1 heterocycles. The Balaban J connectivity index is 2.11. The summed E-state index contributed by atoms with van der Waals surface area (Å²) in [5.41, 5.74) is 1.86. The zero-order valence-electron chi connectivity index (χ0n) is 17.0. The molecular weight excluding hydrogens is 412 g/mol. The van der Waals surface area contributed by atoms with E-state index in [4.69, 9.17) is 16.3 Å². The molecule has 8 heteroatoms. The van der Waals surface area contributed by atoms with Gasteiger partial charge in [-0.2, -0.15) is 0 Å². The van der Waals surface area contributed by atoms with E-state index in [1.165, 1.54) is 4.90 Å². The van der Waals surface area contributed by atoms with Crippen molar-refractivity contribution in [2.75, 3.05) is 26.0 Å². The molecule has 1 N–H and O–H groups in total. The van der Waals surface area contributed by atoms with Gasteiger partial charge >= 0.3 is 5.97 Å². The quantitative estimate of drug-likeness (QED) is 0.616. The number of rotatable bonds is 8. The largest absolute Gasteiger partial charge is 0.462 e. The Labute approximate surface area is 179 Å². The lowest BCUT2D eigenvalue weighted by Crippen LogP contribution is -2.21. The number of thiophene rings is 1. The number of ether oxygens (including phenoxy) is 1. The fourth-order valence-corrected chi connectivity index (χ4v) is 4.11. The fraction of sp³-hybridized carbons (Fsp3) is 0.381. The normalized spacial score (nSPS) is 10.5. The second-order valence-electron chi connectivity index (χ2n) is 6.71. The molecule has 1 aromatic carbocycles. The minimum absolute atomic E-state index is 0.208. The number of benzene rings is 1. The maximum Gasteiger partial charge on any atom is 0.341 e. The van der Waals surface area contributed by atoms with Crippen LogP contribution in [0, 0.1) is 6.92 Å². The van der Waals surface area contributed by atoms with Crippen molar-refractivity contribution in [1.82, 2.24) is 4.90 Å². The average Bonchev–Trinajstić information content (AvgIpc) is 2.98. The van der Waals surface area contributed by atoms with E-state index in [1.54, 1.807) is 27.9 Å². The molecular formula is C21H25ClN2O4S. The maximum absolute atomic E-state index is 12.4. The van der Waals surface area contributed by atoms with Gasteiger partial charge in [-0.1, -0.05) is 23.7 Å². The van der Waals surface area contributed by atoms with Gasteiger partial charge < -0.3 is 15.0 Å². The minimum Gasteiger partial charge on any atom is -0.462 e. The van der Waals surface area contributed by atoms with E-state index in [0.717, 1.165) is 23.3 Å². The molecule has 2 amide bonds. The molecule has 2 aromatic rings. The van der Waals surface area contributed by atoms with Crippen LogP contribution >= 0.6 is 22.9 Å². The van der Waals surface area contributed by atoms with Gasteiger partial charge in [-0.15, -0.1) is 11.3 Å². The number of esters is 1. The Morgan fingerprint density at radius 1 is 1.17 bits per heavy atom. The van der Waals surface area contributed by atoms with Gasteiger partial charge in [0.05, 0.1) is 17.0 Å². The van der Waals surface area contributed by atoms with Crippen LogP contribution in [0.4, 0.5) is 5.00 Å². The van der Waals surface area contributed by atoms with Gasteiger partial charge in [-0.3, -0.25) is 9.59 Å². The van der Waals surface area contributed by atoms with Crippen molar-refractivity contribution in [2.45, 2.75) is 33.1 Å². The lowest BCUT2D eigenvalue weighted by Gasteiger charge is -2.09. The predicted octanol–water partition coefficient (Wildman–Crippen LogP) is 4.55. The first-order chi connectivity index (χ1) is 13.7. The highest BCUT2D eigenvalue weighted by Gasteiger charge is 2.27. The van der Waals surface area contributed by atoms with E-state index in [0.29, 0.717) is 33.3 Å². The lowest BCUT2D eigenvalue weighted by atomic mass is 10.1. The second-order valence-corrected chi connectivity index (χ2v) is 8.17. The summed E-state index contributed by atoms with van der Waals surface area (Å²) in [7, 11) is 3.28. The summed E-state index contributed by atoms with van der Waals surface area (Å²) in [4.78, 5) is 39.1. The Morgan fingerprint density at radius 2 is 1.83 bits per heavy atom. The topological polar surface area (TPSA) is 75.7 Å².